The minimum absolute atomic E-state index is 0.431. The summed E-state index contributed by atoms with van der Waals surface area (Å²) in [5.74, 6) is 0.847. The Labute approximate surface area is 113 Å². The molecule has 0 radical (unpaired) electrons. The summed E-state index contributed by atoms with van der Waals surface area (Å²) in [4.78, 5) is 0. The predicted molar refractivity (Wildman–Crippen MR) is 78.0 cm³/mol. The molecule has 1 aromatic heterocycles. The van der Waals surface area contributed by atoms with Crippen LogP contribution >= 0.6 is 11.3 Å². The first-order chi connectivity index (χ1) is 8.83. The van der Waals surface area contributed by atoms with Crippen LogP contribution in [-0.4, -0.2) is 0 Å². The largest absolute Gasteiger partial charge is 0.306 e. The van der Waals surface area contributed by atoms with Crippen molar-refractivity contribution < 1.29 is 0 Å². The molecule has 0 aliphatic heterocycles. The maximum atomic E-state index is 3.59. The van der Waals surface area contributed by atoms with Gasteiger partial charge in [-0.25, -0.2) is 0 Å². The number of thiophene rings is 1. The van der Waals surface area contributed by atoms with Crippen LogP contribution in [0.15, 0.2) is 41.1 Å². The molecule has 18 heavy (non-hydrogen) atoms. The number of nitrogens with one attached hydrogen (secondary N) is 1. The van der Waals surface area contributed by atoms with E-state index in [9.17, 15) is 0 Å². The zero-order valence-corrected chi connectivity index (χ0v) is 11.5. The van der Waals surface area contributed by atoms with Crippen LogP contribution in [0.5, 0.6) is 0 Å². The summed E-state index contributed by atoms with van der Waals surface area (Å²) < 4.78 is 0. The summed E-state index contributed by atoms with van der Waals surface area (Å²) in [5, 5.41) is 7.96. The molecule has 1 aromatic carbocycles. The van der Waals surface area contributed by atoms with Gasteiger partial charge in [0.1, 0.15) is 0 Å². The monoisotopic (exact) mass is 257 g/mol. The van der Waals surface area contributed by atoms with E-state index in [1.165, 1.54) is 29.5 Å². The molecule has 1 atom stereocenters. The van der Waals surface area contributed by atoms with Gasteiger partial charge in [0.25, 0.3) is 0 Å². The quantitative estimate of drug-likeness (QED) is 0.833. The van der Waals surface area contributed by atoms with Gasteiger partial charge in [-0.05, 0) is 59.2 Å². The highest BCUT2D eigenvalue weighted by molar-refractivity contribution is 7.07. The third kappa shape index (κ3) is 2.82. The summed E-state index contributed by atoms with van der Waals surface area (Å²) in [6, 6.07) is 11.7. The molecule has 1 saturated carbocycles. The third-order valence-electron chi connectivity index (χ3n) is 3.66. The second-order valence-corrected chi connectivity index (χ2v) is 5.96. The molecule has 2 aromatic rings. The van der Waals surface area contributed by atoms with Crippen LogP contribution in [0, 0.1) is 0 Å². The Hall–Kier alpha value is -1.12. The smallest absolute Gasteiger partial charge is 0.0303 e. The Morgan fingerprint density at radius 2 is 2.22 bits per heavy atom. The van der Waals surface area contributed by atoms with E-state index in [0.29, 0.717) is 6.04 Å². The summed E-state index contributed by atoms with van der Waals surface area (Å²) >= 11 is 1.76. The second kappa shape index (κ2) is 5.25. The van der Waals surface area contributed by atoms with E-state index in [0.717, 1.165) is 12.5 Å². The molecule has 1 fully saturated rings. The van der Waals surface area contributed by atoms with E-state index in [4.69, 9.17) is 0 Å². The minimum atomic E-state index is 0.431. The third-order valence-corrected chi connectivity index (χ3v) is 4.36. The Morgan fingerprint density at radius 3 is 2.94 bits per heavy atom. The van der Waals surface area contributed by atoms with Crippen LogP contribution < -0.4 is 5.32 Å². The van der Waals surface area contributed by atoms with Gasteiger partial charge in [0, 0.05) is 12.6 Å². The SMILES string of the molecule is CC(NCc1cccc(C2CC2)c1)c1ccsc1. The van der Waals surface area contributed by atoms with Gasteiger partial charge in [-0.15, -0.1) is 0 Å². The number of hydrogen-bond acceptors (Lipinski definition) is 2. The van der Waals surface area contributed by atoms with Crippen LogP contribution in [0.1, 0.15) is 48.4 Å². The molecule has 1 nitrogen and oxygen atoms in total. The van der Waals surface area contributed by atoms with E-state index >= 15 is 0 Å². The zero-order valence-electron chi connectivity index (χ0n) is 10.7. The molecule has 1 N–H and O–H groups in total. The Bertz CT molecular complexity index is 500. The van der Waals surface area contributed by atoms with Gasteiger partial charge in [-0.3, -0.25) is 0 Å². The van der Waals surface area contributed by atoms with Gasteiger partial charge in [0.2, 0.25) is 0 Å². The number of rotatable bonds is 5. The lowest BCUT2D eigenvalue weighted by Gasteiger charge is -2.13. The van der Waals surface area contributed by atoms with E-state index in [1.807, 2.05) is 0 Å². The van der Waals surface area contributed by atoms with E-state index in [-0.39, 0.29) is 0 Å². The Kier molecular flexibility index (Phi) is 3.48. The average Bonchev–Trinajstić information content (AvgIpc) is 3.11. The second-order valence-electron chi connectivity index (χ2n) is 5.18. The lowest BCUT2D eigenvalue weighted by atomic mass is 10.1. The van der Waals surface area contributed by atoms with Crippen LogP contribution in [-0.2, 0) is 6.54 Å². The van der Waals surface area contributed by atoms with Crippen molar-refractivity contribution in [1.82, 2.24) is 5.32 Å². The highest BCUT2D eigenvalue weighted by Gasteiger charge is 2.23. The lowest BCUT2D eigenvalue weighted by Crippen LogP contribution is -2.17. The first-order valence-corrected chi connectivity index (χ1v) is 7.61. The first-order valence-electron chi connectivity index (χ1n) is 6.67. The number of benzene rings is 1. The molecule has 3 rings (SSSR count). The van der Waals surface area contributed by atoms with Crippen molar-refractivity contribution in [2.45, 2.75) is 38.3 Å². The molecule has 1 unspecified atom stereocenters. The van der Waals surface area contributed by atoms with Gasteiger partial charge in [-0.2, -0.15) is 11.3 Å². The van der Waals surface area contributed by atoms with Crippen molar-refractivity contribution in [2.75, 3.05) is 0 Å². The lowest BCUT2D eigenvalue weighted by molar-refractivity contribution is 0.576. The predicted octanol–water partition coefficient (Wildman–Crippen LogP) is 4.48. The highest BCUT2D eigenvalue weighted by Crippen LogP contribution is 2.40. The van der Waals surface area contributed by atoms with E-state index < -0.39 is 0 Å². The molecule has 2 heteroatoms. The van der Waals surface area contributed by atoms with Gasteiger partial charge in [0.15, 0.2) is 0 Å². The van der Waals surface area contributed by atoms with E-state index in [2.05, 4.69) is 53.3 Å². The molecule has 1 aliphatic rings. The summed E-state index contributed by atoms with van der Waals surface area (Å²) in [6.45, 7) is 3.18. The first kappa shape index (κ1) is 11.9. The summed E-state index contributed by atoms with van der Waals surface area (Å²) in [6.07, 6.45) is 2.75. The normalized spacial score (nSPS) is 16.7. The topological polar surface area (TPSA) is 12.0 Å². The van der Waals surface area contributed by atoms with Gasteiger partial charge in [-0.1, -0.05) is 24.3 Å². The molecule has 0 saturated heterocycles. The van der Waals surface area contributed by atoms with Crippen molar-refractivity contribution in [3.8, 4) is 0 Å². The fraction of sp³-hybridized carbons (Fsp3) is 0.375. The molecule has 0 amide bonds. The Morgan fingerprint density at radius 1 is 1.33 bits per heavy atom. The van der Waals surface area contributed by atoms with Crippen LogP contribution in [0.25, 0.3) is 0 Å². The molecule has 1 heterocycles. The van der Waals surface area contributed by atoms with Crippen molar-refractivity contribution in [1.29, 1.82) is 0 Å². The van der Waals surface area contributed by atoms with Crippen molar-refractivity contribution in [2.24, 2.45) is 0 Å². The van der Waals surface area contributed by atoms with Crippen molar-refractivity contribution in [3.63, 3.8) is 0 Å². The fourth-order valence-electron chi connectivity index (χ4n) is 2.28. The summed E-state index contributed by atoms with van der Waals surface area (Å²) in [7, 11) is 0. The minimum Gasteiger partial charge on any atom is -0.306 e. The molecule has 0 spiro atoms. The molecular formula is C16H19NS. The van der Waals surface area contributed by atoms with Gasteiger partial charge in [0.05, 0.1) is 0 Å². The maximum absolute atomic E-state index is 3.59. The van der Waals surface area contributed by atoms with Crippen LogP contribution in [0.4, 0.5) is 0 Å². The molecule has 94 valence electrons. The Balaban J connectivity index is 1.60. The fourth-order valence-corrected chi connectivity index (χ4v) is 3.04. The average molecular weight is 257 g/mol. The van der Waals surface area contributed by atoms with Crippen LogP contribution in [0.3, 0.4) is 0 Å². The molecular weight excluding hydrogens is 238 g/mol. The molecule has 0 bridgehead atoms. The van der Waals surface area contributed by atoms with Crippen molar-refractivity contribution >= 4 is 11.3 Å². The molecule has 1 aliphatic carbocycles. The van der Waals surface area contributed by atoms with Crippen LogP contribution in [0.2, 0.25) is 0 Å². The van der Waals surface area contributed by atoms with Crippen molar-refractivity contribution in [3.05, 3.63) is 57.8 Å². The maximum Gasteiger partial charge on any atom is 0.0303 e. The standard InChI is InChI=1S/C16H19NS/c1-12(16-7-8-18-11-16)17-10-13-3-2-4-15(9-13)14-5-6-14/h2-4,7-9,11-12,14,17H,5-6,10H2,1H3. The highest BCUT2D eigenvalue weighted by atomic mass is 32.1. The number of hydrogen-bond donors (Lipinski definition) is 1. The summed E-state index contributed by atoms with van der Waals surface area (Å²) in [5.41, 5.74) is 4.32. The van der Waals surface area contributed by atoms with Gasteiger partial charge >= 0.3 is 0 Å². The van der Waals surface area contributed by atoms with E-state index in [1.54, 1.807) is 11.3 Å². The zero-order chi connectivity index (χ0) is 12.4. The van der Waals surface area contributed by atoms with Gasteiger partial charge < -0.3 is 5.32 Å².